The zero-order valence-corrected chi connectivity index (χ0v) is 24.2. The lowest BCUT2D eigenvalue weighted by Crippen LogP contribution is -2.35. The Bertz CT molecular complexity index is 1380. The minimum atomic E-state index is -1.76. The molecule has 194 valence electrons. The molecule has 3 N–H and O–H groups in total. The van der Waals surface area contributed by atoms with Crippen LogP contribution in [-0.2, 0) is 36.0 Å². The van der Waals surface area contributed by atoms with Gasteiger partial charge in [0.25, 0.3) is 0 Å². The number of aromatic hydroxyl groups is 2. The van der Waals surface area contributed by atoms with Gasteiger partial charge in [0.1, 0.15) is 11.5 Å². The number of halogens is 2. The largest absolute Gasteiger partial charge is 0.506 e. The van der Waals surface area contributed by atoms with Gasteiger partial charge in [-0.15, -0.1) is 0 Å². The number of esters is 1. The third-order valence-corrected chi connectivity index (χ3v) is 8.69. The summed E-state index contributed by atoms with van der Waals surface area (Å²) in [5.41, 5.74) is 2.27. The van der Waals surface area contributed by atoms with E-state index in [0.717, 1.165) is 11.1 Å². The van der Waals surface area contributed by atoms with E-state index < -0.39 is 17.5 Å². The van der Waals surface area contributed by atoms with E-state index in [-0.39, 0.29) is 28.2 Å². The summed E-state index contributed by atoms with van der Waals surface area (Å²) in [6.07, 6.45) is 2.17. The summed E-state index contributed by atoms with van der Waals surface area (Å²) in [7, 11) is 0. The second-order valence-electron chi connectivity index (χ2n) is 8.98. The van der Waals surface area contributed by atoms with Crippen molar-refractivity contribution >= 4 is 43.8 Å². The van der Waals surface area contributed by atoms with Crippen LogP contribution in [0.25, 0.3) is 0 Å². The van der Waals surface area contributed by atoms with Crippen molar-refractivity contribution in [2.75, 3.05) is 0 Å². The fourth-order valence-corrected chi connectivity index (χ4v) is 6.94. The van der Waals surface area contributed by atoms with E-state index in [9.17, 15) is 24.9 Å². The molecule has 3 aromatic rings. The normalized spacial score (nSPS) is 13.9. The van der Waals surface area contributed by atoms with Crippen LogP contribution in [0.3, 0.4) is 0 Å². The molecule has 6 nitrogen and oxygen atoms in total. The maximum atomic E-state index is 13.5. The molecule has 0 aromatic heterocycles. The van der Waals surface area contributed by atoms with E-state index in [0.29, 0.717) is 56.9 Å². The summed E-state index contributed by atoms with van der Waals surface area (Å²) < 4.78 is 6.94. The molecule has 0 bridgehead atoms. The van der Waals surface area contributed by atoms with Crippen molar-refractivity contribution < 1.29 is 29.6 Å². The standard InChI is InChI=1S/C29H28Br2O6/c1-5-14-12-16(7-3)25(32)23(30)20(14)29(21-15(6-2)13-17(8-4)26(33)24(21)31)22-18(27(34)35)10-9-11-19(22)28(36)37-29/h9-13,32-33H,5-8H2,1-4H3,(H,34,35). The minimum absolute atomic E-state index is 0.00467. The van der Waals surface area contributed by atoms with Crippen LogP contribution in [0.15, 0.2) is 39.3 Å². The number of carbonyl (C=O) groups is 2. The average Bonchev–Trinajstić information content (AvgIpc) is 3.19. The Labute approximate surface area is 232 Å². The van der Waals surface area contributed by atoms with E-state index in [1.54, 1.807) is 6.07 Å². The molecular formula is C29H28Br2O6. The summed E-state index contributed by atoms with van der Waals surface area (Å²) in [4.78, 5) is 26.0. The van der Waals surface area contributed by atoms with E-state index in [2.05, 4.69) is 31.9 Å². The molecule has 0 fully saturated rings. The summed E-state index contributed by atoms with van der Waals surface area (Å²) >= 11 is 7.18. The molecule has 8 heteroatoms. The molecule has 1 aliphatic rings. The number of ether oxygens (including phenoxy) is 1. The van der Waals surface area contributed by atoms with Crippen molar-refractivity contribution in [2.45, 2.75) is 59.0 Å². The third kappa shape index (κ3) is 3.96. The molecule has 1 aliphatic heterocycles. The minimum Gasteiger partial charge on any atom is -0.506 e. The third-order valence-electron chi connectivity index (χ3n) is 7.14. The van der Waals surface area contributed by atoms with Gasteiger partial charge in [-0.05, 0) is 91.9 Å². The van der Waals surface area contributed by atoms with Gasteiger partial charge in [-0.1, -0.05) is 45.9 Å². The predicted molar refractivity (Wildman–Crippen MR) is 148 cm³/mol. The number of hydrogen-bond donors (Lipinski definition) is 3. The Morgan fingerprint density at radius 3 is 1.68 bits per heavy atom. The van der Waals surface area contributed by atoms with Crippen molar-refractivity contribution in [3.63, 3.8) is 0 Å². The van der Waals surface area contributed by atoms with Crippen molar-refractivity contribution in [3.8, 4) is 11.5 Å². The lowest BCUT2D eigenvalue weighted by atomic mass is 9.73. The van der Waals surface area contributed by atoms with Crippen LogP contribution in [0.4, 0.5) is 0 Å². The van der Waals surface area contributed by atoms with Gasteiger partial charge in [0.05, 0.1) is 20.1 Å². The summed E-state index contributed by atoms with van der Waals surface area (Å²) in [6.45, 7) is 7.75. The number of fused-ring (bicyclic) bond motifs is 1. The summed E-state index contributed by atoms with van der Waals surface area (Å²) in [6, 6.07) is 8.24. The smallest absolute Gasteiger partial charge is 0.340 e. The van der Waals surface area contributed by atoms with Gasteiger partial charge < -0.3 is 20.1 Å². The van der Waals surface area contributed by atoms with Gasteiger partial charge in [0, 0.05) is 16.7 Å². The number of cyclic esters (lactones) is 1. The number of phenols is 2. The van der Waals surface area contributed by atoms with Crippen molar-refractivity contribution in [2.24, 2.45) is 0 Å². The van der Waals surface area contributed by atoms with Crippen molar-refractivity contribution in [3.05, 3.63) is 89.3 Å². The highest BCUT2D eigenvalue weighted by molar-refractivity contribution is 9.11. The zero-order chi connectivity index (χ0) is 27.2. The number of rotatable bonds is 7. The molecule has 37 heavy (non-hydrogen) atoms. The van der Waals surface area contributed by atoms with Gasteiger partial charge in [-0.25, -0.2) is 9.59 Å². The number of benzene rings is 3. The summed E-state index contributed by atoms with van der Waals surface area (Å²) in [5, 5.41) is 32.6. The molecule has 0 spiro atoms. The molecule has 4 rings (SSSR count). The number of aromatic carboxylic acids is 1. The number of carbonyl (C=O) groups excluding carboxylic acids is 1. The van der Waals surface area contributed by atoms with Gasteiger partial charge in [-0.3, -0.25) is 0 Å². The van der Waals surface area contributed by atoms with Crippen LogP contribution in [0, 0.1) is 0 Å². The quantitative estimate of drug-likeness (QED) is 0.242. The highest BCUT2D eigenvalue weighted by atomic mass is 79.9. The molecule has 0 saturated heterocycles. The first-order valence-electron chi connectivity index (χ1n) is 12.3. The van der Waals surface area contributed by atoms with Crippen LogP contribution in [-0.4, -0.2) is 27.3 Å². The van der Waals surface area contributed by atoms with E-state index >= 15 is 0 Å². The molecule has 1 heterocycles. The number of carboxylic acids is 1. The Morgan fingerprint density at radius 1 is 0.811 bits per heavy atom. The van der Waals surface area contributed by atoms with Gasteiger partial charge >= 0.3 is 11.9 Å². The number of aryl methyl sites for hydroxylation is 4. The second kappa shape index (κ2) is 10.1. The maximum absolute atomic E-state index is 13.5. The first-order chi connectivity index (χ1) is 17.6. The van der Waals surface area contributed by atoms with E-state index in [1.807, 2.05) is 39.8 Å². The SMILES string of the molecule is CCc1cc(CC)c(C2(c3c(CC)cc(CC)c(O)c3Br)OC(=O)c3cccc(C(=O)O)c32)c(Br)c1O. The summed E-state index contributed by atoms with van der Waals surface area (Å²) in [5.74, 6) is -1.91. The van der Waals surface area contributed by atoms with Crippen LogP contribution in [0.2, 0.25) is 0 Å². The fourth-order valence-electron chi connectivity index (χ4n) is 5.36. The molecule has 0 unspecified atom stereocenters. The topological polar surface area (TPSA) is 104 Å². The van der Waals surface area contributed by atoms with Gasteiger partial charge in [0.15, 0.2) is 5.60 Å². The van der Waals surface area contributed by atoms with Crippen molar-refractivity contribution in [1.82, 2.24) is 0 Å². The molecule has 0 radical (unpaired) electrons. The average molecular weight is 632 g/mol. The lowest BCUT2D eigenvalue weighted by molar-refractivity contribution is 0.0235. The highest BCUT2D eigenvalue weighted by Crippen LogP contribution is 2.57. The predicted octanol–water partition coefficient (Wildman–Crippen LogP) is 7.03. The lowest BCUT2D eigenvalue weighted by Gasteiger charge is -2.36. The Balaban J connectivity index is 2.34. The van der Waals surface area contributed by atoms with Crippen LogP contribution < -0.4 is 0 Å². The van der Waals surface area contributed by atoms with Gasteiger partial charge in [-0.2, -0.15) is 0 Å². The maximum Gasteiger partial charge on any atom is 0.340 e. The molecule has 0 saturated carbocycles. The fraction of sp³-hybridized carbons (Fsp3) is 0.310. The molecule has 3 aromatic carbocycles. The monoisotopic (exact) mass is 630 g/mol. The van der Waals surface area contributed by atoms with E-state index in [4.69, 9.17) is 4.74 Å². The molecule has 0 amide bonds. The first-order valence-corrected chi connectivity index (χ1v) is 13.8. The zero-order valence-electron chi connectivity index (χ0n) is 21.0. The second-order valence-corrected chi connectivity index (χ2v) is 10.6. The van der Waals surface area contributed by atoms with Crippen LogP contribution in [0.1, 0.15) is 87.4 Å². The van der Waals surface area contributed by atoms with Crippen molar-refractivity contribution in [1.29, 1.82) is 0 Å². The number of hydrogen-bond acceptors (Lipinski definition) is 5. The van der Waals surface area contributed by atoms with Crippen LogP contribution >= 0.6 is 31.9 Å². The number of carboxylic acid groups (broad SMARTS) is 1. The Kier molecular flexibility index (Phi) is 7.45. The molecular weight excluding hydrogens is 604 g/mol. The molecule has 0 atom stereocenters. The molecule has 0 aliphatic carbocycles. The number of phenolic OH excluding ortho intramolecular Hbond substituents is 2. The highest BCUT2D eigenvalue weighted by Gasteiger charge is 2.55. The van der Waals surface area contributed by atoms with E-state index in [1.165, 1.54) is 12.1 Å². The Morgan fingerprint density at radius 2 is 1.27 bits per heavy atom. The van der Waals surface area contributed by atoms with Gasteiger partial charge in [0.2, 0.25) is 0 Å². The first kappa shape index (κ1) is 27.2. The van der Waals surface area contributed by atoms with Crippen LogP contribution in [0.5, 0.6) is 11.5 Å². The Hall–Kier alpha value is -2.84.